The van der Waals surface area contributed by atoms with Crippen LogP contribution in [0.4, 0.5) is 5.69 Å². The lowest BCUT2D eigenvalue weighted by Crippen LogP contribution is -2.10. The van der Waals surface area contributed by atoms with Gasteiger partial charge in [-0.25, -0.2) is 4.79 Å². The number of non-ortho nitro benzene ring substituents is 1. The van der Waals surface area contributed by atoms with Crippen LogP contribution >= 0.6 is 15.9 Å². The van der Waals surface area contributed by atoms with Crippen LogP contribution in [0.25, 0.3) is 0 Å². The normalized spacial score (nSPS) is 12.1. The van der Waals surface area contributed by atoms with Gasteiger partial charge in [0.1, 0.15) is 0 Å². The van der Waals surface area contributed by atoms with E-state index in [0.29, 0.717) is 4.47 Å². The molecular weight excluding hydrogens is 270 g/mol. The molecule has 0 aromatic heterocycles. The molecule has 1 aromatic carbocycles. The van der Waals surface area contributed by atoms with Crippen LogP contribution in [0.3, 0.4) is 0 Å². The lowest BCUT2D eigenvalue weighted by Gasteiger charge is -2.05. The number of benzene rings is 1. The number of aliphatic hydroxyl groups excluding tert-OH is 1. The molecule has 6 nitrogen and oxygen atoms in total. The maximum atomic E-state index is 10.5. The minimum atomic E-state index is -1.76. The number of rotatable bonds is 3. The van der Waals surface area contributed by atoms with Crippen LogP contribution in [0.2, 0.25) is 0 Å². The number of aliphatic carboxylic acids is 1. The number of hydrogen-bond donors (Lipinski definition) is 2. The van der Waals surface area contributed by atoms with Crippen molar-refractivity contribution in [1.29, 1.82) is 0 Å². The number of nitrogens with zero attached hydrogens (tertiary/aromatic N) is 1. The molecule has 0 unspecified atom stereocenters. The molecule has 7 heteroatoms. The monoisotopic (exact) mass is 275 g/mol. The predicted molar refractivity (Wildman–Crippen MR) is 53.4 cm³/mol. The van der Waals surface area contributed by atoms with E-state index in [0.717, 1.165) is 6.07 Å². The Bertz CT molecular complexity index is 419. The average Bonchev–Trinajstić information content (AvgIpc) is 2.15. The molecule has 0 spiro atoms. The summed E-state index contributed by atoms with van der Waals surface area (Å²) in [4.78, 5) is 20.2. The Balaban J connectivity index is 3.20. The summed E-state index contributed by atoms with van der Waals surface area (Å²) in [5.41, 5.74) is -0.316. The molecule has 0 heterocycles. The van der Waals surface area contributed by atoms with Crippen molar-refractivity contribution in [3.63, 3.8) is 0 Å². The van der Waals surface area contributed by atoms with Gasteiger partial charge in [-0.3, -0.25) is 10.1 Å². The third-order valence-electron chi connectivity index (χ3n) is 1.67. The number of carboxylic acid groups (broad SMARTS) is 1. The van der Waals surface area contributed by atoms with Crippen LogP contribution in [-0.4, -0.2) is 21.1 Å². The van der Waals surface area contributed by atoms with Crippen molar-refractivity contribution in [3.8, 4) is 0 Å². The van der Waals surface area contributed by atoms with Gasteiger partial charge in [0.2, 0.25) is 0 Å². The molecule has 0 aliphatic rings. The first kappa shape index (κ1) is 11.6. The van der Waals surface area contributed by atoms with Crippen LogP contribution in [0.15, 0.2) is 22.7 Å². The van der Waals surface area contributed by atoms with E-state index < -0.39 is 17.0 Å². The minimum Gasteiger partial charge on any atom is -0.479 e. The van der Waals surface area contributed by atoms with Gasteiger partial charge in [0, 0.05) is 16.6 Å². The zero-order valence-corrected chi connectivity index (χ0v) is 8.84. The van der Waals surface area contributed by atoms with Crippen LogP contribution in [0.5, 0.6) is 0 Å². The van der Waals surface area contributed by atoms with E-state index in [1.54, 1.807) is 0 Å². The number of hydrogen-bond acceptors (Lipinski definition) is 4. The van der Waals surface area contributed by atoms with Gasteiger partial charge < -0.3 is 10.2 Å². The van der Waals surface area contributed by atoms with E-state index in [1.807, 2.05) is 0 Å². The van der Waals surface area contributed by atoms with Gasteiger partial charge in [-0.1, -0.05) is 15.9 Å². The smallest absolute Gasteiger partial charge is 0.337 e. The fourth-order valence-corrected chi connectivity index (χ4v) is 1.50. The molecule has 0 saturated carbocycles. The predicted octanol–water partition coefficient (Wildman–Crippen LogP) is 1.48. The highest BCUT2D eigenvalue weighted by Gasteiger charge is 2.19. The maximum absolute atomic E-state index is 10.5. The van der Waals surface area contributed by atoms with Gasteiger partial charge in [0.05, 0.1) is 4.92 Å². The molecule has 0 aliphatic carbocycles. The summed E-state index contributed by atoms with van der Waals surface area (Å²) in [5.74, 6) is -1.46. The second-order valence-electron chi connectivity index (χ2n) is 2.74. The fraction of sp³-hybridized carbons (Fsp3) is 0.125. The highest BCUT2D eigenvalue weighted by molar-refractivity contribution is 9.10. The molecule has 15 heavy (non-hydrogen) atoms. The summed E-state index contributed by atoms with van der Waals surface area (Å²) in [6, 6.07) is 3.55. The second kappa shape index (κ2) is 4.37. The molecule has 0 aliphatic heterocycles. The van der Waals surface area contributed by atoms with Gasteiger partial charge in [0.25, 0.3) is 5.69 Å². The summed E-state index contributed by atoms with van der Waals surface area (Å²) in [6.07, 6.45) is -1.76. The van der Waals surface area contributed by atoms with Crippen molar-refractivity contribution in [2.45, 2.75) is 6.10 Å². The van der Waals surface area contributed by atoms with E-state index in [9.17, 15) is 20.0 Å². The molecule has 0 bridgehead atoms. The number of carbonyl (C=O) groups is 1. The van der Waals surface area contributed by atoms with E-state index in [-0.39, 0.29) is 11.3 Å². The van der Waals surface area contributed by atoms with Gasteiger partial charge >= 0.3 is 5.97 Å². The zero-order chi connectivity index (χ0) is 11.6. The summed E-state index contributed by atoms with van der Waals surface area (Å²) < 4.78 is 0.340. The Hall–Kier alpha value is -1.47. The van der Waals surface area contributed by atoms with Crippen molar-refractivity contribution < 1.29 is 19.9 Å². The van der Waals surface area contributed by atoms with Crippen molar-refractivity contribution >= 4 is 27.6 Å². The summed E-state index contributed by atoms with van der Waals surface area (Å²) in [5, 5.41) is 28.2. The number of nitro groups is 1. The molecule has 0 amide bonds. The Morgan fingerprint density at radius 1 is 1.47 bits per heavy atom. The second-order valence-corrected chi connectivity index (χ2v) is 3.66. The quantitative estimate of drug-likeness (QED) is 0.643. The topological polar surface area (TPSA) is 101 Å². The van der Waals surface area contributed by atoms with E-state index in [2.05, 4.69) is 15.9 Å². The number of carboxylic acids is 1. The van der Waals surface area contributed by atoms with Crippen molar-refractivity contribution in [2.24, 2.45) is 0 Å². The fourth-order valence-electron chi connectivity index (χ4n) is 1.00. The highest BCUT2D eigenvalue weighted by Crippen LogP contribution is 2.25. The van der Waals surface area contributed by atoms with Gasteiger partial charge in [-0.15, -0.1) is 0 Å². The largest absolute Gasteiger partial charge is 0.479 e. The summed E-state index contributed by atoms with van der Waals surface area (Å²) in [6.45, 7) is 0. The van der Waals surface area contributed by atoms with Crippen LogP contribution in [0, 0.1) is 10.1 Å². The third-order valence-corrected chi connectivity index (χ3v) is 2.12. The molecule has 1 atom stereocenters. The Labute approximate surface area is 92.4 Å². The van der Waals surface area contributed by atoms with Gasteiger partial charge in [-0.05, 0) is 11.6 Å². The van der Waals surface area contributed by atoms with Crippen molar-refractivity contribution in [3.05, 3.63) is 38.3 Å². The SMILES string of the molecule is O=C(O)[C@@H](O)c1cc(Br)cc([N+](=O)[O-])c1. The first-order chi connectivity index (χ1) is 6.91. The number of nitro benzene ring substituents is 1. The van der Waals surface area contributed by atoms with Crippen molar-refractivity contribution in [2.75, 3.05) is 0 Å². The molecule has 1 rings (SSSR count). The average molecular weight is 276 g/mol. The standard InChI is InChI=1S/C8H6BrNO5/c9-5-1-4(7(11)8(12)13)2-6(3-5)10(14)15/h1-3,7,11H,(H,12,13)/t7-/m0/s1. The molecular formula is C8H6BrNO5. The summed E-state index contributed by atoms with van der Waals surface area (Å²) >= 11 is 2.99. The first-order valence-corrected chi connectivity index (χ1v) is 4.57. The van der Waals surface area contributed by atoms with Crippen LogP contribution < -0.4 is 0 Å². The first-order valence-electron chi connectivity index (χ1n) is 3.77. The highest BCUT2D eigenvalue weighted by atomic mass is 79.9. The molecule has 80 valence electrons. The maximum Gasteiger partial charge on any atom is 0.337 e. The Morgan fingerprint density at radius 2 is 2.07 bits per heavy atom. The number of halogens is 1. The lowest BCUT2D eigenvalue weighted by molar-refractivity contribution is -0.385. The molecule has 1 aromatic rings. The minimum absolute atomic E-state index is 0.0384. The Kier molecular flexibility index (Phi) is 3.38. The van der Waals surface area contributed by atoms with E-state index in [1.165, 1.54) is 12.1 Å². The third kappa shape index (κ3) is 2.74. The molecule has 0 radical (unpaired) electrons. The number of aliphatic hydroxyl groups is 1. The van der Waals surface area contributed by atoms with Gasteiger partial charge in [0.15, 0.2) is 6.10 Å². The van der Waals surface area contributed by atoms with Crippen LogP contribution in [0.1, 0.15) is 11.7 Å². The molecule has 0 saturated heterocycles. The lowest BCUT2D eigenvalue weighted by atomic mass is 10.1. The summed E-state index contributed by atoms with van der Waals surface area (Å²) in [7, 11) is 0. The van der Waals surface area contributed by atoms with E-state index >= 15 is 0 Å². The van der Waals surface area contributed by atoms with Crippen LogP contribution in [-0.2, 0) is 4.79 Å². The Morgan fingerprint density at radius 3 is 2.53 bits per heavy atom. The molecule has 2 N–H and O–H groups in total. The van der Waals surface area contributed by atoms with Gasteiger partial charge in [-0.2, -0.15) is 0 Å². The molecule has 0 fully saturated rings. The van der Waals surface area contributed by atoms with E-state index in [4.69, 9.17) is 5.11 Å². The van der Waals surface area contributed by atoms with Crippen molar-refractivity contribution in [1.82, 2.24) is 0 Å². The zero-order valence-electron chi connectivity index (χ0n) is 7.25.